The van der Waals surface area contributed by atoms with E-state index in [1.807, 2.05) is 48.5 Å². The highest BCUT2D eigenvalue weighted by atomic mass is 32.2. The monoisotopic (exact) mass is 590 g/mol. The van der Waals surface area contributed by atoms with E-state index in [0.29, 0.717) is 55.5 Å². The lowest BCUT2D eigenvalue weighted by Gasteiger charge is -2.27. The van der Waals surface area contributed by atoms with Crippen molar-refractivity contribution in [3.05, 3.63) is 84.3 Å². The Labute approximate surface area is 242 Å². The summed E-state index contributed by atoms with van der Waals surface area (Å²) in [5.41, 5.74) is 2.70. The number of carbonyl (C=O) groups is 1. The number of hydrogen-bond acceptors (Lipinski definition) is 9. The van der Waals surface area contributed by atoms with Crippen molar-refractivity contribution in [3.63, 3.8) is 0 Å². The summed E-state index contributed by atoms with van der Waals surface area (Å²) in [6.07, 6.45) is -2.82. The van der Waals surface area contributed by atoms with Crippen LogP contribution in [0.5, 0.6) is 0 Å². The summed E-state index contributed by atoms with van der Waals surface area (Å²) in [4.78, 5) is 18.1. The minimum Gasteiger partial charge on any atom is -0.415 e. The molecule has 2 amide bonds. The number of aromatic nitrogens is 6. The second kappa shape index (κ2) is 12.4. The number of halogens is 2. The maximum Gasteiger partial charge on any atom is 0.322 e. The van der Waals surface area contributed by atoms with Gasteiger partial charge in [-0.05, 0) is 53.2 Å². The molecule has 0 spiro atoms. The molecule has 1 fully saturated rings. The van der Waals surface area contributed by atoms with Crippen LogP contribution in [0.25, 0.3) is 22.8 Å². The Balaban J connectivity index is 1.19. The summed E-state index contributed by atoms with van der Waals surface area (Å²) in [5, 5.41) is 23.0. The molecular weight excluding hydrogens is 566 g/mol. The topological polar surface area (TPSA) is 124 Å². The van der Waals surface area contributed by atoms with E-state index in [4.69, 9.17) is 9.15 Å². The Bertz CT molecular complexity index is 1660. The van der Waals surface area contributed by atoms with Gasteiger partial charge in [0.2, 0.25) is 11.7 Å². The highest BCUT2D eigenvalue weighted by Gasteiger charge is 2.20. The average molecular weight is 591 g/mol. The molecule has 14 heteroatoms. The minimum atomic E-state index is -2.82. The van der Waals surface area contributed by atoms with Crippen LogP contribution in [-0.2, 0) is 11.3 Å². The molecule has 0 unspecified atom stereocenters. The number of alkyl halides is 2. The number of nitrogens with one attached hydrogen (secondary N) is 1. The molecule has 6 rings (SSSR count). The van der Waals surface area contributed by atoms with E-state index in [1.54, 1.807) is 40.9 Å². The van der Waals surface area contributed by atoms with Gasteiger partial charge < -0.3 is 19.4 Å². The first-order valence-corrected chi connectivity index (χ1v) is 13.8. The van der Waals surface area contributed by atoms with Crippen molar-refractivity contribution in [2.75, 3.05) is 31.6 Å². The SMILES string of the molecule is O=C(Nc1cc(-c2nnn(Cc3ccc(-c4nnc(C(F)F)o4)cc3)n2)ccc1Sc1ccccc1)N1CCOCC1. The largest absolute Gasteiger partial charge is 0.415 e. The molecule has 214 valence electrons. The van der Waals surface area contributed by atoms with E-state index in [0.717, 1.165) is 15.4 Å². The first-order chi connectivity index (χ1) is 20.5. The van der Waals surface area contributed by atoms with E-state index in [1.165, 1.54) is 4.80 Å². The summed E-state index contributed by atoms with van der Waals surface area (Å²) >= 11 is 1.54. The maximum atomic E-state index is 13.0. The molecule has 1 saturated heterocycles. The Morgan fingerprint density at radius 3 is 2.45 bits per heavy atom. The predicted octanol–water partition coefficient (Wildman–Crippen LogP) is 5.39. The molecule has 1 N–H and O–H groups in total. The molecule has 42 heavy (non-hydrogen) atoms. The highest BCUT2D eigenvalue weighted by molar-refractivity contribution is 7.99. The van der Waals surface area contributed by atoms with Crippen molar-refractivity contribution >= 4 is 23.5 Å². The van der Waals surface area contributed by atoms with Crippen LogP contribution in [-0.4, -0.2) is 67.6 Å². The summed E-state index contributed by atoms with van der Waals surface area (Å²) in [6, 6.07) is 22.3. The lowest BCUT2D eigenvalue weighted by Crippen LogP contribution is -2.43. The van der Waals surface area contributed by atoms with Crippen molar-refractivity contribution in [2.45, 2.75) is 22.8 Å². The van der Waals surface area contributed by atoms with Crippen LogP contribution in [0.2, 0.25) is 0 Å². The molecule has 5 aromatic rings. The number of morpholine rings is 1. The molecule has 0 aliphatic carbocycles. The number of anilines is 1. The molecule has 0 atom stereocenters. The zero-order valence-electron chi connectivity index (χ0n) is 22.1. The average Bonchev–Trinajstić information content (AvgIpc) is 3.70. The standard InChI is InChI=1S/C28H24F2N8O3S/c29-24(30)27-34-33-26(41-27)19-8-6-18(7-9-19)17-38-35-25(32-36-38)20-10-11-23(42-21-4-2-1-3-5-21)22(16-20)31-28(39)37-12-14-40-15-13-37/h1-11,16,24H,12-15,17H2,(H,31,39). The van der Waals surface area contributed by atoms with Gasteiger partial charge in [0.25, 0.3) is 5.89 Å². The van der Waals surface area contributed by atoms with Gasteiger partial charge in [-0.1, -0.05) is 42.1 Å². The number of tetrazole rings is 1. The second-order valence-corrected chi connectivity index (χ2v) is 10.4. The normalized spacial score (nSPS) is 13.5. The Kier molecular flexibility index (Phi) is 8.14. The Hall–Kier alpha value is -4.69. The van der Waals surface area contributed by atoms with Crippen molar-refractivity contribution in [1.82, 2.24) is 35.3 Å². The number of hydrogen-bond donors (Lipinski definition) is 1. The van der Waals surface area contributed by atoms with Crippen LogP contribution < -0.4 is 5.32 Å². The van der Waals surface area contributed by atoms with Gasteiger partial charge in [-0.2, -0.15) is 13.6 Å². The quantitative estimate of drug-likeness (QED) is 0.253. The molecule has 1 aliphatic rings. The van der Waals surface area contributed by atoms with Crippen molar-refractivity contribution < 1.29 is 22.7 Å². The second-order valence-electron chi connectivity index (χ2n) is 9.24. The van der Waals surface area contributed by atoms with Crippen LogP contribution in [0.3, 0.4) is 0 Å². The van der Waals surface area contributed by atoms with E-state index in [-0.39, 0.29) is 11.9 Å². The molecule has 1 aliphatic heterocycles. The Morgan fingerprint density at radius 2 is 1.71 bits per heavy atom. The molecule has 0 radical (unpaired) electrons. The lowest BCUT2D eigenvalue weighted by atomic mass is 10.1. The van der Waals surface area contributed by atoms with E-state index in [9.17, 15) is 13.6 Å². The number of ether oxygens (including phenoxy) is 1. The molecule has 3 heterocycles. The molecular formula is C28H24F2N8O3S. The fourth-order valence-corrected chi connectivity index (χ4v) is 5.12. The van der Waals surface area contributed by atoms with Crippen LogP contribution >= 0.6 is 11.8 Å². The zero-order chi connectivity index (χ0) is 28.9. The van der Waals surface area contributed by atoms with Gasteiger partial charge in [0, 0.05) is 34.0 Å². The third-order valence-corrected chi connectivity index (χ3v) is 7.44. The van der Waals surface area contributed by atoms with Crippen LogP contribution in [0.15, 0.2) is 87.0 Å². The molecule has 3 aromatic carbocycles. The smallest absolute Gasteiger partial charge is 0.322 e. The van der Waals surface area contributed by atoms with E-state index >= 15 is 0 Å². The summed E-state index contributed by atoms with van der Waals surface area (Å²) in [5.74, 6) is -0.303. The molecule has 0 bridgehead atoms. The molecule has 11 nitrogen and oxygen atoms in total. The highest BCUT2D eigenvalue weighted by Crippen LogP contribution is 2.36. The zero-order valence-corrected chi connectivity index (χ0v) is 22.9. The van der Waals surface area contributed by atoms with Gasteiger partial charge in [0.1, 0.15) is 0 Å². The van der Waals surface area contributed by atoms with Gasteiger partial charge in [-0.15, -0.1) is 20.4 Å². The fraction of sp³-hybridized carbons (Fsp3) is 0.214. The van der Waals surface area contributed by atoms with Crippen molar-refractivity contribution in [2.24, 2.45) is 0 Å². The van der Waals surface area contributed by atoms with Gasteiger partial charge >= 0.3 is 12.5 Å². The lowest BCUT2D eigenvalue weighted by molar-refractivity contribution is 0.0564. The van der Waals surface area contributed by atoms with Crippen molar-refractivity contribution in [1.29, 1.82) is 0 Å². The number of rotatable bonds is 8. The van der Waals surface area contributed by atoms with Crippen LogP contribution in [0.1, 0.15) is 17.9 Å². The van der Waals surface area contributed by atoms with Gasteiger partial charge in [0.15, 0.2) is 0 Å². The van der Waals surface area contributed by atoms with Crippen LogP contribution in [0, 0.1) is 0 Å². The van der Waals surface area contributed by atoms with Crippen LogP contribution in [0.4, 0.5) is 19.3 Å². The molecule has 2 aromatic heterocycles. The van der Waals surface area contributed by atoms with Gasteiger partial charge in [-0.3, -0.25) is 0 Å². The Morgan fingerprint density at radius 1 is 0.952 bits per heavy atom. The number of urea groups is 1. The maximum absolute atomic E-state index is 13.0. The number of benzene rings is 3. The number of carbonyl (C=O) groups excluding carboxylic acids is 1. The summed E-state index contributed by atoms with van der Waals surface area (Å²) in [7, 11) is 0. The van der Waals surface area contributed by atoms with Gasteiger partial charge in [-0.25, -0.2) is 4.79 Å². The van der Waals surface area contributed by atoms with E-state index < -0.39 is 12.3 Å². The third-order valence-electron chi connectivity index (χ3n) is 6.35. The van der Waals surface area contributed by atoms with E-state index in [2.05, 4.69) is 30.9 Å². The first-order valence-electron chi connectivity index (χ1n) is 13.0. The summed E-state index contributed by atoms with van der Waals surface area (Å²) < 4.78 is 35.9. The van der Waals surface area contributed by atoms with Gasteiger partial charge in [0.05, 0.1) is 25.4 Å². The summed E-state index contributed by atoms with van der Waals surface area (Å²) in [6.45, 7) is 2.38. The van der Waals surface area contributed by atoms with Crippen molar-refractivity contribution in [3.8, 4) is 22.8 Å². The third kappa shape index (κ3) is 6.44. The number of nitrogens with zero attached hydrogens (tertiary/aromatic N) is 7. The molecule has 0 saturated carbocycles. The fourth-order valence-electron chi connectivity index (χ4n) is 4.21. The predicted molar refractivity (Wildman–Crippen MR) is 149 cm³/mol. The number of amides is 2. The first kappa shape index (κ1) is 27.5. The minimum absolute atomic E-state index is 0.0170.